The molecule has 170 valence electrons. The highest BCUT2D eigenvalue weighted by atomic mass is 19.1. The topological polar surface area (TPSA) is 78.2 Å². The third-order valence-electron chi connectivity index (χ3n) is 5.80. The maximum absolute atomic E-state index is 13.2. The van der Waals surface area contributed by atoms with E-state index < -0.39 is 0 Å². The number of fused-ring (bicyclic) bond motifs is 1. The highest BCUT2D eigenvalue weighted by Crippen LogP contribution is 2.23. The molecule has 0 aliphatic heterocycles. The molecule has 4 rings (SSSR count). The number of hydrogen-bond donors (Lipinski definition) is 1. The molecule has 2 aromatic carbocycles. The lowest BCUT2D eigenvalue weighted by Crippen LogP contribution is -2.33. The molecule has 0 aliphatic rings. The van der Waals surface area contributed by atoms with Crippen molar-refractivity contribution < 1.29 is 13.9 Å². The zero-order valence-corrected chi connectivity index (χ0v) is 18.8. The summed E-state index contributed by atoms with van der Waals surface area (Å²) >= 11 is 0. The van der Waals surface area contributed by atoms with Crippen molar-refractivity contribution in [1.29, 1.82) is 0 Å². The van der Waals surface area contributed by atoms with Crippen LogP contribution in [-0.2, 0) is 24.4 Å². The van der Waals surface area contributed by atoms with E-state index in [1.165, 1.54) is 16.8 Å². The van der Waals surface area contributed by atoms with E-state index in [0.29, 0.717) is 18.5 Å². The summed E-state index contributed by atoms with van der Waals surface area (Å²) in [5.41, 5.74) is 3.21. The minimum Gasteiger partial charge on any atom is -0.497 e. The monoisotopic (exact) mass is 448 g/mol. The average Bonchev–Trinajstić information content (AvgIpc) is 3.06. The van der Waals surface area contributed by atoms with E-state index in [9.17, 15) is 14.0 Å². The average molecular weight is 448 g/mol. The van der Waals surface area contributed by atoms with Gasteiger partial charge in [-0.25, -0.2) is 9.07 Å². The molecule has 2 aromatic heterocycles. The van der Waals surface area contributed by atoms with Crippen molar-refractivity contribution in [2.24, 2.45) is 0 Å². The number of halogens is 1. The molecule has 2 heterocycles. The molecular formula is C25H25FN4O3. The Morgan fingerprint density at radius 3 is 2.36 bits per heavy atom. The summed E-state index contributed by atoms with van der Waals surface area (Å²) in [6.07, 6.45) is 1.62. The minimum atomic E-state index is -0.314. The van der Waals surface area contributed by atoms with Crippen molar-refractivity contribution in [1.82, 2.24) is 19.7 Å². The van der Waals surface area contributed by atoms with Crippen LogP contribution in [0.4, 0.5) is 4.39 Å². The molecule has 0 fully saturated rings. The number of nitrogens with one attached hydrogen (secondary N) is 1. The van der Waals surface area contributed by atoms with Gasteiger partial charge in [-0.1, -0.05) is 24.3 Å². The van der Waals surface area contributed by atoms with Gasteiger partial charge < -0.3 is 14.6 Å². The van der Waals surface area contributed by atoms with E-state index in [2.05, 4.69) is 10.4 Å². The third-order valence-corrected chi connectivity index (χ3v) is 5.80. The van der Waals surface area contributed by atoms with Gasteiger partial charge in [0.1, 0.15) is 18.1 Å². The zero-order valence-electron chi connectivity index (χ0n) is 18.8. The van der Waals surface area contributed by atoms with E-state index >= 15 is 0 Å². The Kier molecular flexibility index (Phi) is 6.26. The van der Waals surface area contributed by atoms with E-state index in [1.54, 1.807) is 25.4 Å². The van der Waals surface area contributed by atoms with Crippen molar-refractivity contribution in [3.05, 3.63) is 93.4 Å². The van der Waals surface area contributed by atoms with Crippen LogP contribution in [0.5, 0.6) is 5.75 Å². The van der Waals surface area contributed by atoms with Crippen molar-refractivity contribution in [3.8, 4) is 5.75 Å². The summed E-state index contributed by atoms with van der Waals surface area (Å²) in [6.45, 7) is 4.47. The standard InChI is InChI=1S/C25H25FN4O3/c1-16-22-13-28-30(15-23(31)27-12-18-6-10-21(33-3)11-7-18)25(32)24(22)17(2)29(16)14-19-4-8-20(26)9-5-19/h4-11,13H,12,14-15H2,1-3H3,(H,27,31). The smallest absolute Gasteiger partial charge is 0.276 e. The van der Waals surface area contributed by atoms with Crippen molar-refractivity contribution in [3.63, 3.8) is 0 Å². The van der Waals surface area contributed by atoms with Crippen molar-refractivity contribution in [2.45, 2.75) is 33.5 Å². The van der Waals surface area contributed by atoms with Crippen LogP contribution in [0.2, 0.25) is 0 Å². The molecule has 0 bridgehead atoms. The second-order valence-corrected chi connectivity index (χ2v) is 7.90. The summed E-state index contributed by atoms with van der Waals surface area (Å²) in [5.74, 6) is 0.147. The van der Waals surface area contributed by atoms with Crippen molar-refractivity contribution >= 4 is 16.7 Å². The van der Waals surface area contributed by atoms with Crippen LogP contribution in [0.15, 0.2) is 59.5 Å². The number of benzene rings is 2. The number of carbonyl (C=O) groups is 1. The fourth-order valence-electron chi connectivity index (χ4n) is 3.90. The predicted molar refractivity (Wildman–Crippen MR) is 124 cm³/mol. The Bertz CT molecular complexity index is 1360. The maximum atomic E-state index is 13.2. The van der Waals surface area contributed by atoms with Gasteiger partial charge in [0.05, 0.1) is 18.7 Å². The summed E-state index contributed by atoms with van der Waals surface area (Å²) < 4.78 is 21.6. The highest BCUT2D eigenvalue weighted by Gasteiger charge is 2.17. The van der Waals surface area contributed by atoms with E-state index in [4.69, 9.17) is 4.74 Å². The van der Waals surface area contributed by atoms with Crippen LogP contribution in [0, 0.1) is 19.7 Å². The van der Waals surface area contributed by atoms with Crippen molar-refractivity contribution in [2.75, 3.05) is 7.11 Å². The normalized spacial score (nSPS) is 11.0. The summed E-state index contributed by atoms with van der Waals surface area (Å²) in [6, 6.07) is 13.7. The van der Waals surface area contributed by atoms with Gasteiger partial charge in [-0.05, 0) is 49.2 Å². The fraction of sp³-hybridized carbons (Fsp3) is 0.240. The van der Waals surface area contributed by atoms with Crippen LogP contribution in [0.1, 0.15) is 22.5 Å². The molecule has 0 saturated carbocycles. The first-order valence-electron chi connectivity index (χ1n) is 10.6. The molecule has 1 N–H and O–H groups in total. The first kappa shape index (κ1) is 22.3. The summed E-state index contributed by atoms with van der Waals surface area (Å²) in [5, 5.41) is 8.31. The van der Waals surface area contributed by atoms with Gasteiger partial charge in [0.2, 0.25) is 5.91 Å². The van der Waals surface area contributed by atoms with Gasteiger partial charge in [0.15, 0.2) is 0 Å². The predicted octanol–water partition coefficient (Wildman–Crippen LogP) is 3.33. The number of hydrogen-bond acceptors (Lipinski definition) is 4. The molecular weight excluding hydrogens is 423 g/mol. The van der Waals surface area contributed by atoms with Crippen LogP contribution < -0.4 is 15.6 Å². The van der Waals surface area contributed by atoms with Crippen LogP contribution in [-0.4, -0.2) is 27.4 Å². The lowest BCUT2D eigenvalue weighted by Gasteiger charge is -2.09. The quantitative estimate of drug-likeness (QED) is 0.471. The molecule has 4 aromatic rings. The third kappa shape index (κ3) is 4.64. The number of nitrogens with zero attached hydrogens (tertiary/aromatic N) is 3. The lowest BCUT2D eigenvalue weighted by molar-refractivity contribution is -0.122. The van der Waals surface area contributed by atoms with Crippen LogP contribution >= 0.6 is 0 Å². The summed E-state index contributed by atoms with van der Waals surface area (Å²) in [4.78, 5) is 25.6. The molecule has 33 heavy (non-hydrogen) atoms. The Balaban J connectivity index is 1.53. The minimum absolute atomic E-state index is 0.174. The number of rotatable bonds is 7. The van der Waals surface area contributed by atoms with Crippen LogP contribution in [0.25, 0.3) is 10.8 Å². The Morgan fingerprint density at radius 1 is 1.03 bits per heavy atom. The molecule has 7 nitrogen and oxygen atoms in total. The number of amides is 1. The molecule has 8 heteroatoms. The van der Waals surface area contributed by atoms with Crippen LogP contribution in [0.3, 0.4) is 0 Å². The molecule has 1 amide bonds. The number of carbonyl (C=O) groups excluding carboxylic acids is 1. The van der Waals surface area contributed by atoms with E-state index in [0.717, 1.165) is 33.7 Å². The molecule has 0 atom stereocenters. The Hall–Kier alpha value is -3.94. The first-order valence-corrected chi connectivity index (χ1v) is 10.6. The SMILES string of the molecule is COc1ccc(CNC(=O)Cn2ncc3c(C)n(Cc4ccc(F)cc4)c(C)c3c2=O)cc1. The highest BCUT2D eigenvalue weighted by molar-refractivity contribution is 5.87. The van der Waals surface area contributed by atoms with Gasteiger partial charge in [0, 0.05) is 29.9 Å². The Morgan fingerprint density at radius 2 is 1.70 bits per heavy atom. The molecule has 0 saturated heterocycles. The van der Waals surface area contributed by atoms with E-state index in [1.807, 2.05) is 42.7 Å². The lowest BCUT2D eigenvalue weighted by atomic mass is 10.2. The van der Waals surface area contributed by atoms with E-state index in [-0.39, 0.29) is 23.8 Å². The molecule has 0 unspecified atom stereocenters. The number of ether oxygens (including phenoxy) is 1. The summed E-state index contributed by atoms with van der Waals surface area (Å²) in [7, 11) is 1.60. The molecule has 0 radical (unpaired) electrons. The molecule has 0 aliphatic carbocycles. The second-order valence-electron chi connectivity index (χ2n) is 7.90. The largest absolute Gasteiger partial charge is 0.497 e. The first-order chi connectivity index (χ1) is 15.9. The fourth-order valence-corrected chi connectivity index (χ4v) is 3.90. The van der Waals surface area contributed by atoms with Gasteiger partial charge in [-0.15, -0.1) is 0 Å². The second kappa shape index (κ2) is 9.28. The van der Waals surface area contributed by atoms with Gasteiger partial charge in [0.25, 0.3) is 5.56 Å². The van der Waals surface area contributed by atoms with Gasteiger partial charge >= 0.3 is 0 Å². The zero-order chi connectivity index (χ0) is 23.5. The number of aryl methyl sites for hydroxylation is 2. The maximum Gasteiger partial charge on any atom is 0.276 e. The number of aromatic nitrogens is 3. The van der Waals surface area contributed by atoms with Gasteiger partial charge in [-0.2, -0.15) is 5.10 Å². The Labute approximate surface area is 190 Å². The van der Waals surface area contributed by atoms with Gasteiger partial charge in [-0.3, -0.25) is 9.59 Å². The number of methoxy groups -OCH3 is 1. The molecule has 0 spiro atoms.